The number of sulfonamides is 1. The number of amides is 1. The predicted molar refractivity (Wildman–Crippen MR) is 109 cm³/mol. The van der Waals surface area contributed by atoms with Crippen molar-refractivity contribution in [2.24, 2.45) is 0 Å². The first kappa shape index (κ1) is 20.2. The Morgan fingerprint density at radius 3 is 2.54 bits per heavy atom. The summed E-state index contributed by atoms with van der Waals surface area (Å²) in [7, 11) is -3.65. The fraction of sp³-hybridized carbons (Fsp3) is 0.150. The topological polar surface area (TPSA) is 75.3 Å². The molecule has 1 amide bonds. The SMILES string of the molecule is Cc1ccc(F)cc1NC(=O)c1ccc(S(=O)(=O)NCCc2cccs2)cc1. The van der Waals surface area contributed by atoms with Gasteiger partial charge in [-0.2, -0.15) is 0 Å². The molecule has 0 spiro atoms. The predicted octanol–water partition coefficient (Wildman–Crippen LogP) is 3.97. The Hall–Kier alpha value is -2.55. The maximum atomic E-state index is 13.4. The van der Waals surface area contributed by atoms with Crippen LogP contribution in [0.15, 0.2) is 64.9 Å². The van der Waals surface area contributed by atoms with Gasteiger partial charge in [0, 0.05) is 22.7 Å². The van der Waals surface area contributed by atoms with Crippen LogP contribution in [0.1, 0.15) is 20.8 Å². The van der Waals surface area contributed by atoms with Crippen LogP contribution in [-0.4, -0.2) is 20.9 Å². The summed E-state index contributed by atoms with van der Waals surface area (Å²) in [5, 5.41) is 4.58. The van der Waals surface area contributed by atoms with Crippen LogP contribution in [0.3, 0.4) is 0 Å². The minimum absolute atomic E-state index is 0.0807. The zero-order valence-corrected chi connectivity index (χ0v) is 16.7. The largest absolute Gasteiger partial charge is 0.322 e. The van der Waals surface area contributed by atoms with Crippen molar-refractivity contribution in [2.75, 3.05) is 11.9 Å². The van der Waals surface area contributed by atoms with Gasteiger partial charge in [-0.15, -0.1) is 11.3 Å². The van der Waals surface area contributed by atoms with Gasteiger partial charge in [-0.3, -0.25) is 4.79 Å². The molecule has 8 heteroatoms. The molecule has 0 bridgehead atoms. The summed E-state index contributed by atoms with van der Waals surface area (Å²) in [6, 6.07) is 13.6. The number of halogens is 1. The lowest BCUT2D eigenvalue weighted by Crippen LogP contribution is -2.26. The lowest BCUT2D eigenvalue weighted by Gasteiger charge is -2.10. The maximum absolute atomic E-state index is 13.4. The molecule has 0 aliphatic carbocycles. The third kappa shape index (κ3) is 5.03. The van der Waals surface area contributed by atoms with Gasteiger partial charge in [0.15, 0.2) is 0 Å². The zero-order chi connectivity index (χ0) is 20.1. The number of anilines is 1. The van der Waals surface area contributed by atoms with Gasteiger partial charge in [0.2, 0.25) is 10.0 Å². The first-order valence-electron chi connectivity index (χ1n) is 8.55. The number of thiophene rings is 1. The van der Waals surface area contributed by atoms with Crippen LogP contribution in [0, 0.1) is 12.7 Å². The average Bonchev–Trinajstić information content (AvgIpc) is 3.18. The van der Waals surface area contributed by atoms with E-state index >= 15 is 0 Å². The Bertz CT molecular complexity index is 1060. The standard InChI is InChI=1S/C20H19FN2O3S2/c1-14-4-7-16(21)13-19(14)23-20(24)15-5-8-18(9-6-15)28(25,26)22-11-10-17-3-2-12-27-17/h2-9,12-13,22H,10-11H2,1H3,(H,23,24). The number of hydrogen-bond acceptors (Lipinski definition) is 4. The van der Waals surface area contributed by atoms with E-state index in [2.05, 4.69) is 10.0 Å². The van der Waals surface area contributed by atoms with Crippen molar-refractivity contribution in [2.45, 2.75) is 18.2 Å². The number of aryl methyl sites for hydroxylation is 1. The van der Waals surface area contributed by atoms with E-state index < -0.39 is 21.7 Å². The molecule has 3 rings (SSSR count). The molecule has 146 valence electrons. The Kier molecular flexibility index (Phi) is 6.23. The minimum Gasteiger partial charge on any atom is -0.322 e. The molecule has 1 aromatic heterocycles. The van der Waals surface area contributed by atoms with Crippen LogP contribution in [0.5, 0.6) is 0 Å². The Morgan fingerprint density at radius 1 is 1.11 bits per heavy atom. The van der Waals surface area contributed by atoms with Crippen LogP contribution in [-0.2, 0) is 16.4 Å². The minimum atomic E-state index is -3.65. The van der Waals surface area contributed by atoms with Gasteiger partial charge < -0.3 is 5.32 Å². The van der Waals surface area contributed by atoms with E-state index in [-0.39, 0.29) is 10.5 Å². The fourth-order valence-corrected chi connectivity index (χ4v) is 4.30. The highest BCUT2D eigenvalue weighted by molar-refractivity contribution is 7.89. The van der Waals surface area contributed by atoms with E-state index in [1.807, 2.05) is 17.5 Å². The summed E-state index contributed by atoms with van der Waals surface area (Å²) in [5.41, 5.74) is 1.38. The van der Waals surface area contributed by atoms with E-state index in [1.165, 1.54) is 36.4 Å². The number of carbonyl (C=O) groups is 1. The molecule has 0 radical (unpaired) electrons. The molecule has 0 fully saturated rings. The van der Waals surface area contributed by atoms with Gasteiger partial charge in [-0.1, -0.05) is 12.1 Å². The highest BCUT2D eigenvalue weighted by Gasteiger charge is 2.15. The van der Waals surface area contributed by atoms with Crippen molar-refractivity contribution in [3.05, 3.63) is 81.8 Å². The van der Waals surface area contributed by atoms with Crippen molar-refractivity contribution < 1.29 is 17.6 Å². The van der Waals surface area contributed by atoms with Gasteiger partial charge in [-0.25, -0.2) is 17.5 Å². The summed E-state index contributed by atoms with van der Waals surface area (Å²) in [6.45, 7) is 2.05. The fourth-order valence-electron chi connectivity index (χ4n) is 2.56. The molecule has 0 saturated carbocycles. The highest BCUT2D eigenvalue weighted by atomic mass is 32.2. The normalized spacial score (nSPS) is 11.4. The summed E-state index contributed by atoms with van der Waals surface area (Å²) in [4.78, 5) is 13.5. The second-order valence-corrected chi connectivity index (χ2v) is 8.96. The van der Waals surface area contributed by atoms with E-state index in [0.717, 1.165) is 10.4 Å². The molecular formula is C20H19FN2O3S2. The van der Waals surface area contributed by atoms with Crippen molar-refractivity contribution in [1.29, 1.82) is 0 Å². The Morgan fingerprint density at radius 2 is 1.86 bits per heavy atom. The smallest absolute Gasteiger partial charge is 0.255 e. The van der Waals surface area contributed by atoms with Crippen molar-refractivity contribution in [3.63, 3.8) is 0 Å². The van der Waals surface area contributed by atoms with E-state index in [9.17, 15) is 17.6 Å². The molecule has 0 aliphatic heterocycles. The first-order valence-corrected chi connectivity index (χ1v) is 10.9. The lowest BCUT2D eigenvalue weighted by atomic mass is 10.1. The van der Waals surface area contributed by atoms with Crippen LogP contribution in [0.25, 0.3) is 0 Å². The van der Waals surface area contributed by atoms with Gasteiger partial charge in [0.05, 0.1) is 4.90 Å². The molecule has 2 N–H and O–H groups in total. The molecule has 0 atom stereocenters. The van der Waals surface area contributed by atoms with E-state index in [1.54, 1.807) is 24.3 Å². The summed E-state index contributed by atoms with van der Waals surface area (Å²) < 4.78 is 40.6. The zero-order valence-electron chi connectivity index (χ0n) is 15.1. The van der Waals surface area contributed by atoms with Crippen LogP contribution < -0.4 is 10.0 Å². The monoisotopic (exact) mass is 418 g/mol. The summed E-state index contributed by atoms with van der Waals surface area (Å²) in [5.74, 6) is -0.890. The highest BCUT2D eigenvalue weighted by Crippen LogP contribution is 2.18. The van der Waals surface area contributed by atoms with Crippen molar-refractivity contribution >= 4 is 33.0 Å². The number of carbonyl (C=O) groups excluding carboxylic acids is 1. The lowest BCUT2D eigenvalue weighted by molar-refractivity contribution is 0.102. The third-order valence-electron chi connectivity index (χ3n) is 4.12. The molecule has 2 aromatic carbocycles. The van der Waals surface area contributed by atoms with Gasteiger partial charge in [-0.05, 0) is 66.8 Å². The number of hydrogen-bond donors (Lipinski definition) is 2. The molecule has 1 heterocycles. The molecular weight excluding hydrogens is 399 g/mol. The average molecular weight is 419 g/mol. The molecule has 0 saturated heterocycles. The number of rotatable bonds is 7. The van der Waals surface area contributed by atoms with Crippen LogP contribution in [0.2, 0.25) is 0 Å². The molecule has 0 aliphatic rings. The molecule has 3 aromatic rings. The third-order valence-corrected chi connectivity index (χ3v) is 6.53. The summed E-state index contributed by atoms with van der Waals surface area (Å²) >= 11 is 1.57. The van der Waals surface area contributed by atoms with Crippen molar-refractivity contribution in [3.8, 4) is 0 Å². The van der Waals surface area contributed by atoms with Gasteiger partial charge >= 0.3 is 0 Å². The Labute approximate surface area is 167 Å². The maximum Gasteiger partial charge on any atom is 0.255 e. The van der Waals surface area contributed by atoms with Crippen LogP contribution >= 0.6 is 11.3 Å². The quantitative estimate of drug-likeness (QED) is 0.610. The molecule has 0 unspecified atom stereocenters. The summed E-state index contributed by atoms with van der Waals surface area (Å²) in [6.07, 6.45) is 0.615. The molecule has 5 nitrogen and oxygen atoms in total. The van der Waals surface area contributed by atoms with Crippen molar-refractivity contribution in [1.82, 2.24) is 4.72 Å². The van der Waals surface area contributed by atoms with E-state index in [0.29, 0.717) is 18.7 Å². The second kappa shape index (κ2) is 8.64. The Balaban J connectivity index is 1.64. The van der Waals surface area contributed by atoms with Crippen LogP contribution in [0.4, 0.5) is 10.1 Å². The molecule has 28 heavy (non-hydrogen) atoms. The number of benzene rings is 2. The first-order chi connectivity index (χ1) is 13.3. The van der Waals surface area contributed by atoms with E-state index in [4.69, 9.17) is 0 Å². The second-order valence-electron chi connectivity index (χ2n) is 6.16. The number of nitrogens with one attached hydrogen (secondary N) is 2. The van der Waals surface area contributed by atoms with Gasteiger partial charge in [0.1, 0.15) is 5.82 Å². The van der Waals surface area contributed by atoms with Gasteiger partial charge in [0.25, 0.3) is 5.91 Å².